The molecule has 136 valence electrons. The Labute approximate surface area is 150 Å². The van der Waals surface area contributed by atoms with Crippen LogP contribution in [-0.2, 0) is 6.18 Å². The lowest BCUT2D eigenvalue weighted by atomic mass is 10.0. The van der Waals surface area contributed by atoms with Crippen LogP contribution in [0.1, 0.15) is 5.56 Å². The first-order chi connectivity index (χ1) is 12.9. The molecule has 8 heteroatoms. The number of fused-ring (bicyclic) bond motifs is 1. The minimum absolute atomic E-state index is 0.143. The molecule has 0 atom stereocenters. The molecule has 4 rings (SSSR count). The molecule has 1 N–H and O–H groups in total. The predicted molar refractivity (Wildman–Crippen MR) is 90.8 cm³/mol. The van der Waals surface area contributed by atoms with E-state index in [-0.39, 0.29) is 22.4 Å². The average molecular weight is 373 g/mol. The first-order valence-electron chi connectivity index (χ1n) is 7.85. The second kappa shape index (κ2) is 6.39. The van der Waals surface area contributed by atoms with E-state index in [1.807, 2.05) is 0 Å². The lowest BCUT2D eigenvalue weighted by Crippen LogP contribution is -2.05. The third kappa shape index (κ3) is 3.21. The van der Waals surface area contributed by atoms with Gasteiger partial charge in [-0.1, -0.05) is 6.07 Å². The van der Waals surface area contributed by atoms with Gasteiger partial charge in [-0.15, -0.1) is 0 Å². The standard InChI is InChI=1S/C19H11F4N3O/c20-14-10-24-15-2-1-3-17(18(14)15)27-16-5-4-12(19(21,22)23)8-13(16)11-6-7-25-26-9-11/h1-10,24H. The SMILES string of the molecule is Fc1c[nH]c2cccc(Oc3ccc(C(F)(F)F)cc3-c3ccnnc3)c12. The zero-order chi connectivity index (χ0) is 19.0. The van der Waals surface area contributed by atoms with Crippen molar-refractivity contribution in [3.8, 4) is 22.6 Å². The fourth-order valence-electron chi connectivity index (χ4n) is 2.79. The van der Waals surface area contributed by atoms with Crippen LogP contribution >= 0.6 is 0 Å². The van der Waals surface area contributed by atoms with Gasteiger partial charge in [-0.2, -0.15) is 23.4 Å². The van der Waals surface area contributed by atoms with E-state index in [1.54, 1.807) is 18.2 Å². The Kier molecular flexibility index (Phi) is 4.02. The van der Waals surface area contributed by atoms with Crippen molar-refractivity contribution in [1.82, 2.24) is 15.2 Å². The van der Waals surface area contributed by atoms with Crippen LogP contribution in [0.3, 0.4) is 0 Å². The second-order valence-corrected chi connectivity index (χ2v) is 5.76. The summed E-state index contributed by atoms with van der Waals surface area (Å²) in [5.41, 5.74) is 0.261. The molecule has 2 aromatic carbocycles. The van der Waals surface area contributed by atoms with E-state index in [2.05, 4.69) is 15.2 Å². The van der Waals surface area contributed by atoms with Crippen LogP contribution in [0.4, 0.5) is 17.6 Å². The van der Waals surface area contributed by atoms with E-state index in [1.165, 1.54) is 30.7 Å². The molecule has 0 saturated carbocycles. The highest BCUT2D eigenvalue weighted by molar-refractivity contribution is 5.87. The average Bonchev–Trinajstić information content (AvgIpc) is 3.04. The van der Waals surface area contributed by atoms with Crippen LogP contribution in [0.2, 0.25) is 0 Å². The van der Waals surface area contributed by atoms with Gasteiger partial charge < -0.3 is 9.72 Å². The molecule has 0 radical (unpaired) electrons. The van der Waals surface area contributed by atoms with Gasteiger partial charge in [0.05, 0.1) is 28.9 Å². The van der Waals surface area contributed by atoms with Gasteiger partial charge in [0.25, 0.3) is 0 Å². The summed E-state index contributed by atoms with van der Waals surface area (Å²) >= 11 is 0. The maximum absolute atomic E-state index is 14.1. The van der Waals surface area contributed by atoms with Crippen molar-refractivity contribution in [3.63, 3.8) is 0 Å². The van der Waals surface area contributed by atoms with Crippen molar-refractivity contribution in [1.29, 1.82) is 0 Å². The van der Waals surface area contributed by atoms with E-state index >= 15 is 0 Å². The molecule has 0 unspecified atom stereocenters. The van der Waals surface area contributed by atoms with Crippen molar-refractivity contribution >= 4 is 10.9 Å². The van der Waals surface area contributed by atoms with E-state index in [0.29, 0.717) is 11.1 Å². The van der Waals surface area contributed by atoms with E-state index in [9.17, 15) is 17.6 Å². The van der Waals surface area contributed by atoms with Crippen molar-refractivity contribution < 1.29 is 22.3 Å². The number of hydrogen-bond acceptors (Lipinski definition) is 3. The van der Waals surface area contributed by atoms with Crippen LogP contribution in [0, 0.1) is 5.82 Å². The maximum atomic E-state index is 14.1. The number of rotatable bonds is 3. The minimum atomic E-state index is -4.51. The Morgan fingerprint density at radius 2 is 1.81 bits per heavy atom. The molecule has 27 heavy (non-hydrogen) atoms. The summed E-state index contributed by atoms with van der Waals surface area (Å²) in [7, 11) is 0. The number of H-pyrrole nitrogens is 1. The highest BCUT2D eigenvalue weighted by atomic mass is 19.4. The van der Waals surface area contributed by atoms with Gasteiger partial charge in [0, 0.05) is 17.3 Å². The monoisotopic (exact) mass is 373 g/mol. The van der Waals surface area contributed by atoms with Gasteiger partial charge in [0.1, 0.15) is 11.5 Å². The predicted octanol–water partition coefficient (Wildman–Crippen LogP) is 5.58. The lowest BCUT2D eigenvalue weighted by molar-refractivity contribution is -0.137. The summed E-state index contributed by atoms with van der Waals surface area (Å²) in [4.78, 5) is 2.77. The Balaban J connectivity index is 1.86. The van der Waals surface area contributed by atoms with Gasteiger partial charge in [-0.25, -0.2) is 4.39 Å². The fraction of sp³-hybridized carbons (Fsp3) is 0.0526. The molecule has 0 amide bonds. The van der Waals surface area contributed by atoms with Gasteiger partial charge in [-0.05, 0) is 36.4 Å². The number of aromatic nitrogens is 3. The van der Waals surface area contributed by atoms with Gasteiger partial charge in [0.15, 0.2) is 5.82 Å². The number of hydrogen-bond donors (Lipinski definition) is 1. The van der Waals surface area contributed by atoms with Crippen LogP contribution < -0.4 is 4.74 Å². The third-order valence-electron chi connectivity index (χ3n) is 4.04. The van der Waals surface area contributed by atoms with Crippen molar-refractivity contribution in [2.45, 2.75) is 6.18 Å². The number of ether oxygens (including phenoxy) is 1. The number of nitrogens with zero attached hydrogens (tertiary/aromatic N) is 2. The van der Waals surface area contributed by atoms with Gasteiger partial charge in [0.2, 0.25) is 0 Å². The summed E-state index contributed by atoms with van der Waals surface area (Å²) in [6.07, 6.45) is -0.621. The molecule has 0 fully saturated rings. The normalized spacial score (nSPS) is 11.7. The lowest BCUT2D eigenvalue weighted by Gasteiger charge is -2.15. The molecule has 0 bridgehead atoms. The molecule has 4 nitrogen and oxygen atoms in total. The zero-order valence-electron chi connectivity index (χ0n) is 13.6. The number of nitrogens with one attached hydrogen (secondary N) is 1. The van der Waals surface area contributed by atoms with Crippen molar-refractivity contribution in [3.05, 3.63) is 72.4 Å². The molecular formula is C19H11F4N3O. The largest absolute Gasteiger partial charge is 0.456 e. The van der Waals surface area contributed by atoms with Crippen LogP contribution in [0.5, 0.6) is 11.5 Å². The topological polar surface area (TPSA) is 50.8 Å². The number of aromatic amines is 1. The van der Waals surface area contributed by atoms with Crippen molar-refractivity contribution in [2.24, 2.45) is 0 Å². The van der Waals surface area contributed by atoms with E-state index in [0.717, 1.165) is 12.1 Å². The quantitative estimate of drug-likeness (QED) is 0.477. The summed E-state index contributed by atoms with van der Waals surface area (Å²) in [6, 6.07) is 9.50. The molecule has 2 heterocycles. The number of alkyl halides is 3. The smallest absolute Gasteiger partial charge is 0.416 e. The Morgan fingerprint density at radius 3 is 2.56 bits per heavy atom. The molecule has 0 spiro atoms. The number of halogens is 4. The summed E-state index contributed by atoms with van der Waals surface area (Å²) < 4.78 is 59.3. The molecule has 0 aliphatic rings. The Morgan fingerprint density at radius 1 is 0.963 bits per heavy atom. The molecule has 2 aromatic heterocycles. The second-order valence-electron chi connectivity index (χ2n) is 5.76. The summed E-state index contributed by atoms with van der Waals surface area (Å²) in [6.45, 7) is 0. The van der Waals surface area contributed by atoms with Crippen LogP contribution in [0.25, 0.3) is 22.0 Å². The highest BCUT2D eigenvalue weighted by Crippen LogP contribution is 2.40. The van der Waals surface area contributed by atoms with Crippen LogP contribution in [-0.4, -0.2) is 15.2 Å². The molecular weight excluding hydrogens is 362 g/mol. The summed E-state index contributed by atoms with van der Waals surface area (Å²) in [5.74, 6) is -0.182. The van der Waals surface area contributed by atoms with Crippen LogP contribution in [0.15, 0.2) is 61.1 Å². The van der Waals surface area contributed by atoms with Crippen molar-refractivity contribution in [2.75, 3.05) is 0 Å². The third-order valence-corrected chi connectivity index (χ3v) is 4.04. The molecule has 0 aliphatic carbocycles. The van der Waals surface area contributed by atoms with Gasteiger partial charge in [-0.3, -0.25) is 0 Å². The van der Waals surface area contributed by atoms with Gasteiger partial charge >= 0.3 is 6.18 Å². The fourth-order valence-corrected chi connectivity index (χ4v) is 2.79. The molecule has 0 saturated heterocycles. The highest BCUT2D eigenvalue weighted by Gasteiger charge is 2.31. The van der Waals surface area contributed by atoms with E-state index in [4.69, 9.17) is 4.74 Å². The Hall–Kier alpha value is -3.42. The molecule has 4 aromatic rings. The first kappa shape index (κ1) is 17.0. The van der Waals surface area contributed by atoms with E-state index < -0.39 is 17.6 Å². The Bertz CT molecular complexity index is 1110. The first-order valence-corrected chi connectivity index (χ1v) is 7.85. The minimum Gasteiger partial charge on any atom is -0.456 e. The summed E-state index contributed by atoms with van der Waals surface area (Å²) in [5, 5.41) is 7.56. The molecule has 0 aliphatic heterocycles. The maximum Gasteiger partial charge on any atom is 0.416 e. The zero-order valence-corrected chi connectivity index (χ0v) is 13.6. The number of benzene rings is 2.